The zero-order valence-electron chi connectivity index (χ0n) is 28.1. The minimum Gasteiger partial charge on any atom is -0.0623 e. The summed E-state index contributed by atoms with van der Waals surface area (Å²) in [6.45, 7) is 0. The largest absolute Gasteiger partial charge is 0.179 e. The van der Waals surface area contributed by atoms with Gasteiger partial charge >= 0.3 is 0 Å². The Labute approximate surface area is 309 Å². The molecule has 0 bridgehead atoms. The van der Waals surface area contributed by atoms with E-state index in [2.05, 4.69) is 228 Å². The van der Waals surface area contributed by atoms with Crippen LogP contribution in [0.1, 0.15) is 22.3 Å². The molecule has 1 aliphatic rings. The summed E-state index contributed by atoms with van der Waals surface area (Å²) in [6.07, 6.45) is 0. The van der Waals surface area contributed by atoms with Crippen LogP contribution in [0.4, 0.5) is 0 Å². The molecular formula is C49H35BrSi. The summed E-state index contributed by atoms with van der Waals surface area (Å²) in [6, 6.07) is 78.8. The van der Waals surface area contributed by atoms with Gasteiger partial charge in [0.15, 0.2) is 8.07 Å². The van der Waals surface area contributed by atoms with E-state index >= 15 is 0 Å². The molecule has 8 aromatic carbocycles. The molecule has 8 aromatic rings. The minimum atomic E-state index is -2.71. The van der Waals surface area contributed by atoms with Crippen molar-refractivity contribution in [2.75, 3.05) is 0 Å². The van der Waals surface area contributed by atoms with Crippen molar-refractivity contribution in [1.82, 2.24) is 0 Å². The van der Waals surface area contributed by atoms with Crippen LogP contribution in [0.5, 0.6) is 0 Å². The molecule has 0 heterocycles. The first-order valence-electron chi connectivity index (χ1n) is 17.5. The van der Waals surface area contributed by atoms with Gasteiger partial charge in [-0.25, -0.2) is 0 Å². The van der Waals surface area contributed by atoms with Crippen LogP contribution in [-0.2, 0) is 5.41 Å². The van der Waals surface area contributed by atoms with Gasteiger partial charge in [0.05, 0.1) is 5.41 Å². The summed E-state index contributed by atoms with van der Waals surface area (Å²) in [5, 5.41) is 5.44. The van der Waals surface area contributed by atoms with E-state index in [4.69, 9.17) is 0 Å². The first-order chi connectivity index (χ1) is 25.2. The van der Waals surface area contributed by atoms with Crippen LogP contribution >= 0.6 is 15.9 Å². The molecule has 242 valence electrons. The van der Waals surface area contributed by atoms with Crippen LogP contribution in [-0.4, -0.2) is 8.07 Å². The maximum absolute atomic E-state index is 3.83. The zero-order chi connectivity index (χ0) is 34.3. The van der Waals surface area contributed by atoms with Crippen molar-refractivity contribution in [2.45, 2.75) is 5.41 Å². The maximum atomic E-state index is 3.83. The third kappa shape index (κ3) is 5.01. The van der Waals surface area contributed by atoms with Crippen LogP contribution in [0.2, 0.25) is 0 Å². The fourth-order valence-electron chi connectivity index (χ4n) is 8.66. The lowest BCUT2D eigenvalue weighted by Gasteiger charge is -2.35. The first-order valence-corrected chi connectivity index (χ1v) is 20.3. The third-order valence-electron chi connectivity index (χ3n) is 10.8. The van der Waals surface area contributed by atoms with Crippen molar-refractivity contribution in [3.05, 3.63) is 239 Å². The van der Waals surface area contributed by atoms with E-state index < -0.39 is 13.5 Å². The predicted octanol–water partition coefficient (Wildman–Crippen LogP) is 9.86. The fourth-order valence-corrected chi connectivity index (χ4v) is 14.1. The van der Waals surface area contributed by atoms with Crippen molar-refractivity contribution in [3.63, 3.8) is 0 Å². The molecule has 9 rings (SSSR count). The van der Waals surface area contributed by atoms with Crippen molar-refractivity contribution in [2.24, 2.45) is 0 Å². The van der Waals surface area contributed by atoms with Gasteiger partial charge in [-0.3, -0.25) is 0 Å². The van der Waals surface area contributed by atoms with Gasteiger partial charge < -0.3 is 0 Å². The molecule has 2 heteroatoms. The van der Waals surface area contributed by atoms with Crippen LogP contribution in [0.3, 0.4) is 0 Å². The quantitative estimate of drug-likeness (QED) is 0.113. The normalized spacial score (nSPS) is 13.0. The highest BCUT2D eigenvalue weighted by atomic mass is 79.9. The molecule has 0 saturated carbocycles. The molecule has 0 radical (unpaired) electrons. The van der Waals surface area contributed by atoms with Gasteiger partial charge in [0.2, 0.25) is 0 Å². The molecule has 0 aromatic heterocycles. The lowest BCUT2D eigenvalue weighted by molar-refractivity contribution is 0.768. The standard InChI is InChI=1S/C49H35BrSi/c50-40-22-16-28-44(35-40)51(41-23-9-3-10-24-41,42-25-11-4-12-26-42)43-27-15-17-36(33-43)37-31-32-48-46(34-37)45-29-13-14-30-47(45)49(48,38-18-5-1-6-19-38)39-20-7-2-8-21-39/h1-35H. The minimum absolute atomic E-state index is 0.405. The van der Waals surface area contributed by atoms with Crippen LogP contribution < -0.4 is 20.7 Å². The third-order valence-corrected chi connectivity index (χ3v) is 16.0. The number of hydrogen-bond acceptors (Lipinski definition) is 0. The number of benzene rings is 8. The summed E-state index contributed by atoms with van der Waals surface area (Å²) in [7, 11) is -2.71. The summed E-state index contributed by atoms with van der Waals surface area (Å²) in [4.78, 5) is 0. The summed E-state index contributed by atoms with van der Waals surface area (Å²) in [5.74, 6) is 0. The van der Waals surface area contributed by atoms with Crippen LogP contribution in [0.25, 0.3) is 22.3 Å². The second-order valence-corrected chi connectivity index (χ2v) is 18.1. The average molecular weight is 732 g/mol. The lowest BCUT2D eigenvalue weighted by atomic mass is 9.67. The van der Waals surface area contributed by atoms with Gasteiger partial charge in [0.1, 0.15) is 0 Å². The Morgan fingerprint density at radius 2 is 0.804 bits per heavy atom. The van der Waals surface area contributed by atoms with E-state index in [9.17, 15) is 0 Å². The van der Waals surface area contributed by atoms with Crippen molar-refractivity contribution >= 4 is 44.8 Å². The highest BCUT2D eigenvalue weighted by Gasteiger charge is 2.46. The predicted molar refractivity (Wildman–Crippen MR) is 220 cm³/mol. The first kappa shape index (κ1) is 31.4. The van der Waals surface area contributed by atoms with Crippen LogP contribution in [0.15, 0.2) is 217 Å². The van der Waals surface area contributed by atoms with Crippen molar-refractivity contribution in [3.8, 4) is 22.3 Å². The molecule has 0 nitrogen and oxygen atoms in total. The van der Waals surface area contributed by atoms with Crippen molar-refractivity contribution in [1.29, 1.82) is 0 Å². The SMILES string of the molecule is Brc1cccc([Si](c2ccccc2)(c2ccccc2)c2cccc(-c3ccc4c(c3)-c3ccccc3C4(c3ccccc3)c3ccccc3)c2)c1. The molecule has 1 aliphatic carbocycles. The Morgan fingerprint density at radius 1 is 0.333 bits per heavy atom. The monoisotopic (exact) mass is 730 g/mol. The van der Waals surface area contributed by atoms with E-state index in [1.807, 2.05) is 0 Å². The summed E-state index contributed by atoms with van der Waals surface area (Å²) < 4.78 is 1.09. The molecule has 0 spiro atoms. The molecule has 0 fully saturated rings. The van der Waals surface area contributed by atoms with Gasteiger partial charge in [0, 0.05) is 4.47 Å². The van der Waals surface area contributed by atoms with Crippen molar-refractivity contribution < 1.29 is 0 Å². The Hall–Kier alpha value is -5.54. The second kappa shape index (κ2) is 13.0. The van der Waals surface area contributed by atoms with E-state index in [-0.39, 0.29) is 0 Å². The topological polar surface area (TPSA) is 0 Å². The van der Waals surface area contributed by atoms with E-state index in [0.29, 0.717) is 0 Å². The summed E-state index contributed by atoms with van der Waals surface area (Å²) in [5.41, 5.74) is 9.86. The molecule has 0 aliphatic heterocycles. The Balaban J connectivity index is 1.28. The highest BCUT2D eigenvalue weighted by Crippen LogP contribution is 2.56. The molecular weight excluding hydrogens is 697 g/mol. The number of halogens is 1. The molecule has 0 saturated heterocycles. The lowest BCUT2D eigenvalue weighted by Crippen LogP contribution is -2.74. The maximum Gasteiger partial charge on any atom is 0.179 e. The molecule has 51 heavy (non-hydrogen) atoms. The molecule has 0 amide bonds. The Morgan fingerprint density at radius 3 is 1.41 bits per heavy atom. The van der Waals surface area contributed by atoms with Gasteiger partial charge in [-0.05, 0) is 83.5 Å². The molecule has 0 unspecified atom stereocenters. The van der Waals surface area contributed by atoms with Gasteiger partial charge in [-0.1, -0.05) is 210 Å². The fraction of sp³-hybridized carbons (Fsp3) is 0.0204. The van der Waals surface area contributed by atoms with Crippen LogP contribution in [0, 0.1) is 0 Å². The Bertz CT molecular complexity index is 2390. The van der Waals surface area contributed by atoms with E-state index in [0.717, 1.165) is 4.47 Å². The van der Waals surface area contributed by atoms with Gasteiger partial charge in [-0.2, -0.15) is 0 Å². The molecule has 0 atom stereocenters. The highest BCUT2D eigenvalue weighted by molar-refractivity contribution is 9.10. The van der Waals surface area contributed by atoms with Gasteiger partial charge in [0.25, 0.3) is 0 Å². The second-order valence-electron chi connectivity index (χ2n) is 13.4. The molecule has 0 N–H and O–H groups in total. The number of hydrogen-bond donors (Lipinski definition) is 0. The number of rotatable bonds is 7. The zero-order valence-corrected chi connectivity index (χ0v) is 30.7. The Kier molecular flexibility index (Phi) is 8.00. The number of fused-ring (bicyclic) bond motifs is 3. The summed E-state index contributed by atoms with van der Waals surface area (Å²) >= 11 is 3.83. The average Bonchev–Trinajstić information content (AvgIpc) is 3.50. The smallest absolute Gasteiger partial charge is 0.0623 e. The van der Waals surface area contributed by atoms with E-state index in [1.54, 1.807) is 0 Å². The van der Waals surface area contributed by atoms with Gasteiger partial charge in [-0.15, -0.1) is 0 Å². The van der Waals surface area contributed by atoms with E-state index in [1.165, 1.54) is 65.3 Å².